The number of ether oxygens (including phenoxy) is 2. The van der Waals surface area contributed by atoms with E-state index < -0.39 is 0 Å². The normalized spacial score (nSPS) is 23.2. The Labute approximate surface area is 131 Å². The van der Waals surface area contributed by atoms with Gasteiger partial charge in [-0.15, -0.1) is 0 Å². The average molecular weight is 304 g/mol. The molecule has 0 radical (unpaired) electrons. The molecule has 1 aromatic rings. The Morgan fingerprint density at radius 3 is 2.73 bits per heavy atom. The van der Waals surface area contributed by atoms with Gasteiger partial charge in [0.05, 0.1) is 25.2 Å². The summed E-state index contributed by atoms with van der Waals surface area (Å²) in [6.07, 6.45) is 2.74. The number of nitrogens with zero attached hydrogens (tertiary/aromatic N) is 1. The standard InChI is InChI=1S/C17H24N2O3/c1-21-14-4-2-13(3-5-14)17(7-8-17)16(20)19-10-11-22-15(12-19)6-9-18/h2-5,15H,6-12,18H2,1H3/t15-/m0/s1. The van der Waals surface area contributed by atoms with Crippen LogP contribution in [0.15, 0.2) is 24.3 Å². The molecule has 5 heteroatoms. The second-order valence-electron chi connectivity index (χ2n) is 6.13. The number of rotatable bonds is 5. The number of methoxy groups -OCH3 is 1. The molecule has 120 valence electrons. The Morgan fingerprint density at radius 1 is 1.41 bits per heavy atom. The summed E-state index contributed by atoms with van der Waals surface area (Å²) in [7, 11) is 1.65. The van der Waals surface area contributed by atoms with Crippen LogP contribution in [-0.4, -0.2) is 50.3 Å². The third-order valence-corrected chi connectivity index (χ3v) is 4.72. The van der Waals surface area contributed by atoms with Crippen molar-refractivity contribution in [2.75, 3.05) is 33.4 Å². The maximum Gasteiger partial charge on any atom is 0.233 e. The van der Waals surface area contributed by atoms with Gasteiger partial charge in [-0.05, 0) is 43.5 Å². The lowest BCUT2D eigenvalue weighted by molar-refractivity contribution is -0.141. The minimum absolute atomic E-state index is 0.0781. The number of hydrogen-bond acceptors (Lipinski definition) is 4. The van der Waals surface area contributed by atoms with Crippen molar-refractivity contribution in [2.45, 2.75) is 30.8 Å². The SMILES string of the molecule is COc1ccc(C2(C(=O)N3CCO[C@@H](CCN)C3)CC2)cc1. The van der Waals surface area contributed by atoms with Gasteiger partial charge in [-0.1, -0.05) is 12.1 Å². The fourth-order valence-electron chi connectivity index (χ4n) is 3.23. The largest absolute Gasteiger partial charge is 0.497 e. The van der Waals surface area contributed by atoms with Gasteiger partial charge in [0.1, 0.15) is 5.75 Å². The third-order valence-electron chi connectivity index (χ3n) is 4.72. The number of amides is 1. The van der Waals surface area contributed by atoms with Crippen LogP contribution < -0.4 is 10.5 Å². The van der Waals surface area contributed by atoms with Crippen molar-refractivity contribution in [1.82, 2.24) is 4.90 Å². The number of morpholine rings is 1. The summed E-state index contributed by atoms with van der Waals surface area (Å²) < 4.78 is 10.9. The molecule has 2 aliphatic rings. The Hall–Kier alpha value is -1.59. The van der Waals surface area contributed by atoms with E-state index in [1.807, 2.05) is 29.2 Å². The summed E-state index contributed by atoms with van der Waals surface area (Å²) in [6.45, 7) is 2.54. The van der Waals surface area contributed by atoms with E-state index in [1.165, 1.54) is 0 Å². The Balaban J connectivity index is 1.72. The van der Waals surface area contributed by atoms with Crippen LogP contribution in [-0.2, 0) is 14.9 Å². The van der Waals surface area contributed by atoms with E-state index >= 15 is 0 Å². The summed E-state index contributed by atoms with van der Waals surface area (Å²) in [4.78, 5) is 15.0. The summed E-state index contributed by atoms with van der Waals surface area (Å²) in [6, 6.07) is 7.89. The number of hydrogen-bond donors (Lipinski definition) is 1. The fourth-order valence-corrected chi connectivity index (χ4v) is 3.23. The van der Waals surface area contributed by atoms with Crippen molar-refractivity contribution >= 4 is 5.91 Å². The van der Waals surface area contributed by atoms with Crippen molar-refractivity contribution in [3.63, 3.8) is 0 Å². The lowest BCUT2D eigenvalue weighted by Gasteiger charge is -2.35. The molecule has 1 heterocycles. The topological polar surface area (TPSA) is 64.8 Å². The van der Waals surface area contributed by atoms with Gasteiger partial charge < -0.3 is 20.1 Å². The number of nitrogens with two attached hydrogens (primary N) is 1. The van der Waals surface area contributed by atoms with Crippen molar-refractivity contribution < 1.29 is 14.3 Å². The van der Waals surface area contributed by atoms with E-state index in [-0.39, 0.29) is 17.4 Å². The van der Waals surface area contributed by atoms with Crippen molar-refractivity contribution in [1.29, 1.82) is 0 Å². The van der Waals surface area contributed by atoms with Crippen molar-refractivity contribution in [3.8, 4) is 5.75 Å². The monoisotopic (exact) mass is 304 g/mol. The molecule has 0 aromatic heterocycles. The van der Waals surface area contributed by atoms with Gasteiger partial charge in [-0.2, -0.15) is 0 Å². The highest BCUT2D eigenvalue weighted by molar-refractivity contribution is 5.91. The maximum atomic E-state index is 13.0. The van der Waals surface area contributed by atoms with Gasteiger partial charge in [0.2, 0.25) is 5.91 Å². The minimum atomic E-state index is -0.323. The molecular weight excluding hydrogens is 280 g/mol. The quantitative estimate of drug-likeness (QED) is 0.890. The van der Waals surface area contributed by atoms with Crippen LogP contribution in [0.5, 0.6) is 5.75 Å². The van der Waals surface area contributed by atoms with Crippen LogP contribution in [0.3, 0.4) is 0 Å². The first-order valence-electron chi connectivity index (χ1n) is 7.95. The molecule has 3 rings (SSSR count). The molecular formula is C17H24N2O3. The second-order valence-corrected chi connectivity index (χ2v) is 6.13. The Kier molecular flexibility index (Phi) is 4.36. The molecule has 0 spiro atoms. The first-order chi connectivity index (χ1) is 10.7. The summed E-state index contributed by atoms with van der Waals surface area (Å²) in [5.74, 6) is 1.06. The highest BCUT2D eigenvalue weighted by Crippen LogP contribution is 2.50. The Morgan fingerprint density at radius 2 is 2.14 bits per heavy atom. The molecule has 1 atom stereocenters. The third kappa shape index (κ3) is 2.83. The molecule has 1 saturated heterocycles. The lowest BCUT2D eigenvalue weighted by atomic mass is 9.93. The number of carbonyl (C=O) groups excluding carboxylic acids is 1. The summed E-state index contributed by atoms with van der Waals surface area (Å²) >= 11 is 0. The Bertz CT molecular complexity index is 523. The van der Waals surface area contributed by atoms with Gasteiger partial charge in [-0.25, -0.2) is 0 Å². The molecule has 22 heavy (non-hydrogen) atoms. The van der Waals surface area contributed by atoms with Gasteiger partial charge in [0.25, 0.3) is 0 Å². The minimum Gasteiger partial charge on any atom is -0.497 e. The molecule has 0 unspecified atom stereocenters. The predicted octanol–water partition coefficient (Wildman–Crippen LogP) is 1.30. The van der Waals surface area contributed by atoms with E-state index in [2.05, 4.69) is 0 Å². The van der Waals surface area contributed by atoms with Crippen molar-refractivity contribution in [2.24, 2.45) is 5.73 Å². The van der Waals surface area contributed by atoms with Gasteiger partial charge >= 0.3 is 0 Å². The first-order valence-corrected chi connectivity index (χ1v) is 7.95. The number of carbonyl (C=O) groups is 1. The van der Waals surface area contributed by atoms with Crippen molar-refractivity contribution in [3.05, 3.63) is 29.8 Å². The van der Waals surface area contributed by atoms with Crippen LogP contribution in [0.2, 0.25) is 0 Å². The lowest BCUT2D eigenvalue weighted by Crippen LogP contribution is -2.49. The van der Waals surface area contributed by atoms with Gasteiger partial charge in [0.15, 0.2) is 0 Å². The zero-order chi connectivity index (χ0) is 15.6. The molecule has 1 aliphatic carbocycles. The van der Waals surface area contributed by atoms with Gasteiger partial charge in [0, 0.05) is 13.1 Å². The van der Waals surface area contributed by atoms with E-state index in [1.54, 1.807) is 7.11 Å². The highest BCUT2D eigenvalue weighted by Gasteiger charge is 2.53. The van der Waals surface area contributed by atoms with Crippen LogP contribution in [0.25, 0.3) is 0 Å². The van der Waals surface area contributed by atoms with E-state index in [9.17, 15) is 4.79 Å². The molecule has 0 bridgehead atoms. The molecule has 1 amide bonds. The first kappa shape index (κ1) is 15.3. The molecule has 1 aliphatic heterocycles. The molecule has 1 aromatic carbocycles. The fraction of sp³-hybridized carbons (Fsp3) is 0.588. The van der Waals surface area contributed by atoms with Crippen LogP contribution in [0.4, 0.5) is 0 Å². The van der Waals surface area contributed by atoms with Crippen LogP contribution in [0, 0.1) is 0 Å². The molecule has 5 nitrogen and oxygen atoms in total. The van der Waals surface area contributed by atoms with E-state index in [0.29, 0.717) is 26.2 Å². The zero-order valence-electron chi connectivity index (χ0n) is 13.1. The molecule has 1 saturated carbocycles. The predicted molar refractivity (Wildman–Crippen MR) is 83.9 cm³/mol. The maximum absolute atomic E-state index is 13.0. The highest BCUT2D eigenvalue weighted by atomic mass is 16.5. The summed E-state index contributed by atoms with van der Waals surface area (Å²) in [5.41, 5.74) is 6.38. The number of benzene rings is 1. The van der Waals surface area contributed by atoms with Crippen LogP contribution >= 0.6 is 0 Å². The molecule has 2 fully saturated rings. The van der Waals surface area contributed by atoms with E-state index in [4.69, 9.17) is 15.2 Å². The zero-order valence-corrected chi connectivity index (χ0v) is 13.1. The second kappa shape index (κ2) is 6.26. The smallest absolute Gasteiger partial charge is 0.233 e. The average Bonchev–Trinajstić information content (AvgIpc) is 3.37. The van der Waals surface area contributed by atoms with Crippen LogP contribution in [0.1, 0.15) is 24.8 Å². The van der Waals surface area contributed by atoms with E-state index in [0.717, 1.165) is 30.6 Å². The molecule has 2 N–H and O–H groups in total. The van der Waals surface area contributed by atoms with Gasteiger partial charge in [-0.3, -0.25) is 4.79 Å². The summed E-state index contributed by atoms with van der Waals surface area (Å²) in [5, 5.41) is 0.